The van der Waals surface area contributed by atoms with Crippen LogP contribution in [-0.4, -0.2) is 6.98 Å². The van der Waals surface area contributed by atoms with Gasteiger partial charge in [0, 0.05) is 0 Å². The Labute approximate surface area is 73.9 Å². The van der Waals surface area contributed by atoms with E-state index in [4.69, 9.17) is 5.26 Å². The van der Waals surface area contributed by atoms with Crippen LogP contribution in [0.1, 0.15) is 11.1 Å². The van der Waals surface area contributed by atoms with Gasteiger partial charge in [-0.2, -0.15) is 5.26 Å². The number of hydrogen-bond acceptors (Lipinski definition) is 1. The first-order valence-electron chi connectivity index (χ1n) is 3.65. The van der Waals surface area contributed by atoms with Crippen LogP contribution >= 0.6 is 0 Å². The van der Waals surface area contributed by atoms with E-state index in [2.05, 4.69) is 0 Å². The van der Waals surface area contributed by atoms with Crippen molar-refractivity contribution < 1.29 is 12.9 Å². The van der Waals surface area contributed by atoms with E-state index in [-0.39, 0.29) is 5.56 Å². The van der Waals surface area contributed by atoms with Gasteiger partial charge in [-0.25, -0.2) is 0 Å². The van der Waals surface area contributed by atoms with Gasteiger partial charge in [0.1, 0.15) is 0 Å². The average Bonchev–Trinajstić information content (AvgIpc) is 2.02. The molecular weight excluding hydrogens is 178 g/mol. The molecule has 0 amide bonds. The van der Waals surface area contributed by atoms with Crippen molar-refractivity contribution in [1.82, 2.24) is 0 Å². The highest BCUT2D eigenvalue weighted by Crippen LogP contribution is 2.12. The van der Waals surface area contributed by atoms with Gasteiger partial charge in [0.15, 0.2) is 0 Å². The average molecular weight is 184 g/mol. The second-order valence-electron chi connectivity index (χ2n) is 2.76. The lowest BCUT2D eigenvalue weighted by Crippen LogP contribution is -2.34. The van der Waals surface area contributed by atoms with Gasteiger partial charge in [-0.05, 0) is 18.6 Å². The molecule has 13 heavy (non-hydrogen) atoms. The zero-order valence-corrected chi connectivity index (χ0v) is 6.89. The largest absolute Gasteiger partial charge is 0.509 e. The number of rotatable bonds is 1. The molecule has 0 saturated carbocycles. The molecule has 0 spiro atoms. The predicted molar refractivity (Wildman–Crippen MR) is 44.6 cm³/mol. The van der Waals surface area contributed by atoms with Crippen LogP contribution in [0.4, 0.5) is 12.9 Å². The van der Waals surface area contributed by atoms with Gasteiger partial charge >= 0.3 is 6.98 Å². The van der Waals surface area contributed by atoms with Crippen molar-refractivity contribution in [3.05, 3.63) is 29.3 Å². The van der Waals surface area contributed by atoms with Gasteiger partial charge in [0.2, 0.25) is 0 Å². The van der Waals surface area contributed by atoms with Gasteiger partial charge in [-0.3, -0.25) is 0 Å². The summed E-state index contributed by atoms with van der Waals surface area (Å²) in [5, 5.41) is 8.49. The standard InChI is InChI=1S/C8H6BF3N/c1-6-4-8(9(10,11)12)3-2-7(6)5-13/h2-4H,1H3/q-1. The molecule has 0 aromatic heterocycles. The predicted octanol–water partition coefficient (Wildman–Crippen LogP) is 1.92. The number of hydrogen-bond donors (Lipinski definition) is 0. The minimum atomic E-state index is -4.95. The summed E-state index contributed by atoms with van der Waals surface area (Å²) in [6.45, 7) is -3.46. The smallest absolute Gasteiger partial charge is 0.445 e. The van der Waals surface area contributed by atoms with Gasteiger partial charge in [0.05, 0.1) is 11.6 Å². The minimum Gasteiger partial charge on any atom is -0.445 e. The van der Waals surface area contributed by atoms with E-state index in [0.717, 1.165) is 12.1 Å². The lowest BCUT2D eigenvalue weighted by atomic mass is 9.79. The van der Waals surface area contributed by atoms with Crippen LogP contribution in [0.25, 0.3) is 0 Å². The molecule has 1 aromatic rings. The van der Waals surface area contributed by atoms with E-state index in [0.29, 0.717) is 5.56 Å². The molecule has 5 heteroatoms. The maximum absolute atomic E-state index is 12.2. The van der Waals surface area contributed by atoms with Crippen LogP contribution in [-0.2, 0) is 0 Å². The zero-order valence-electron chi connectivity index (χ0n) is 6.89. The Bertz CT molecular complexity index is 365. The molecule has 0 aliphatic carbocycles. The first-order chi connectivity index (χ1) is 5.95. The molecule has 0 fully saturated rings. The fourth-order valence-corrected chi connectivity index (χ4v) is 1.02. The lowest BCUT2D eigenvalue weighted by molar-refractivity contribution is 0.501. The van der Waals surface area contributed by atoms with Crippen molar-refractivity contribution in [3.63, 3.8) is 0 Å². The monoisotopic (exact) mass is 184 g/mol. The van der Waals surface area contributed by atoms with Crippen LogP contribution in [0, 0.1) is 18.3 Å². The highest BCUT2D eigenvalue weighted by Gasteiger charge is 2.25. The summed E-state index contributed by atoms with van der Waals surface area (Å²) in [7, 11) is 0. The zero-order chi connectivity index (χ0) is 10.1. The van der Waals surface area contributed by atoms with Crippen LogP contribution in [0.15, 0.2) is 18.2 Å². The maximum atomic E-state index is 12.2. The summed E-state index contributed by atoms with van der Waals surface area (Å²) >= 11 is 0. The topological polar surface area (TPSA) is 23.8 Å². The van der Waals surface area contributed by atoms with Crippen molar-refractivity contribution in [2.45, 2.75) is 6.92 Å². The summed E-state index contributed by atoms with van der Waals surface area (Å²) in [6, 6.07) is 4.94. The summed E-state index contributed by atoms with van der Waals surface area (Å²) in [5.74, 6) is 0. The van der Waals surface area contributed by atoms with Crippen LogP contribution in [0.5, 0.6) is 0 Å². The van der Waals surface area contributed by atoms with E-state index in [1.54, 1.807) is 0 Å². The van der Waals surface area contributed by atoms with E-state index < -0.39 is 12.4 Å². The number of benzene rings is 1. The Morgan fingerprint density at radius 3 is 2.31 bits per heavy atom. The second-order valence-corrected chi connectivity index (χ2v) is 2.76. The molecule has 0 bridgehead atoms. The first-order valence-corrected chi connectivity index (χ1v) is 3.65. The van der Waals surface area contributed by atoms with Crippen LogP contribution < -0.4 is 5.46 Å². The van der Waals surface area contributed by atoms with Gasteiger partial charge in [-0.15, -0.1) is 5.46 Å². The number of halogens is 3. The normalized spacial score (nSPS) is 11.0. The summed E-state index contributed by atoms with van der Waals surface area (Å²) < 4.78 is 36.5. The summed E-state index contributed by atoms with van der Waals surface area (Å²) in [6.07, 6.45) is 0. The lowest BCUT2D eigenvalue weighted by Gasteiger charge is -2.15. The third kappa shape index (κ3) is 2.02. The summed E-state index contributed by atoms with van der Waals surface area (Å²) in [4.78, 5) is 0. The molecule has 0 N–H and O–H groups in total. The number of nitrogens with zero attached hydrogens (tertiary/aromatic N) is 1. The molecule has 1 nitrogen and oxygen atoms in total. The molecule has 0 aliphatic rings. The molecular formula is C8H6BF3N-. The van der Waals surface area contributed by atoms with E-state index in [1.807, 2.05) is 6.07 Å². The first kappa shape index (κ1) is 9.65. The highest BCUT2D eigenvalue weighted by atomic mass is 19.4. The van der Waals surface area contributed by atoms with E-state index >= 15 is 0 Å². The van der Waals surface area contributed by atoms with Crippen molar-refractivity contribution >= 4 is 12.4 Å². The molecule has 68 valence electrons. The van der Waals surface area contributed by atoms with Gasteiger partial charge < -0.3 is 12.9 Å². The Morgan fingerprint density at radius 2 is 1.92 bits per heavy atom. The quantitative estimate of drug-likeness (QED) is 0.611. The molecule has 0 radical (unpaired) electrons. The third-order valence-corrected chi connectivity index (χ3v) is 1.75. The molecule has 1 rings (SSSR count). The fraction of sp³-hybridized carbons (Fsp3) is 0.125. The highest BCUT2D eigenvalue weighted by molar-refractivity contribution is 6.73. The Balaban J connectivity index is 3.20. The molecule has 0 aliphatic heterocycles. The van der Waals surface area contributed by atoms with Crippen LogP contribution in [0.3, 0.4) is 0 Å². The molecule has 0 saturated heterocycles. The van der Waals surface area contributed by atoms with Crippen molar-refractivity contribution in [1.29, 1.82) is 5.26 Å². The van der Waals surface area contributed by atoms with Crippen molar-refractivity contribution in [2.24, 2.45) is 0 Å². The Kier molecular flexibility index (Phi) is 2.33. The molecule has 1 aromatic carbocycles. The maximum Gasteiger partial charge on any atom is 0.509 e. The molecule has 0 heterocycles. The number of aryl methyl sites for hydroxylation is 1. The molecule has 0 atom stereocenters. The van der Waals surface area contributed by atoms with Crippen LogP contribution in [0.2, 0.25) is 0 Å². The van der Waals surface area contributed by atoms with Crippen molar-refractivity contribution in [3.8, 4) is 6.07 Å². The van der Waals surface area contributed by atoms with E-state index in [9.17, 15) is 12.9 Å². The Hall–Kier alpha value is -1.44. The van der Waals surface area contributed by atoms with Gasteiger partial charge in [0.25, 0.3) is 0 Å². The summed E-state index contributed by atoms with van der Waals surface area (Å²) in [5.41, 5.74) is -0.0144. The van der Waals surface area contributed by atoms with Gasteiger partial charge in [-0.1, -0.05) is 12.1 Å². The fourth-order valence-electron chi connectivity index (χ4n) is 1.02. The minimum absolute atomic E-state index is 0.281. The van der Waals surface area contributed by atoms with Crippen molar-refractivity contribution in [2.75, 3.05) is 0 Å². The second kappa shape index (κ2) is 3.13. The SMILES string of the molecule is Cc1cc([B-](F)(F)F)ccc1C#N. The number of nitriles is 1. The van der Waals surface area contributed by atoms with E-state index in [1.165, 1.54) is 13.0 Å². The Morgan fingerprint density at radius 1 is 1.31 bits per heavy atom. The third-order valence-electron chi connectivity index (χ3n) is 1.75. The molecule has 0 unspecified atom stereocenters.